The number of nitriles is 2. The summed E-state index contributed by atoms with van der Waals surface area (Å²) < 4.78 is 3.61. The standard InChI is InChI=1S/C40H44N14O2/c1-26(19-41)46-35-18-37(54-39-30(22-45-54)17-29(20-42)21-44-39)43-23-34(35)36-25-53(49-48-36)33-5-3-28(4-6-33)11-13-50-15-16-51(27(2)24-50)31-7-9-32(10-8-31)52-14-12-38(55)47-40(52)56/h7-10,17-18,21-23,25-28,33H,3-6,11-16,24H2,1-2H3,(H,43,46)(H,47,55,56)/t26-,27-,28?,33?/m1/s1. The van der Waals surface area contributed by atoms with Gasteiger partial charge in [-0.15, -0.1) is 5.10 Å². The number of fused-ring (bicyclic) bond motifs is 1. The Hall–Kier alpha value is -6.39. The summed E-state index contributed by atoms with van der Waals surface area (Å²) in [7, 11) is 0. The van der Waals surface area contributed by atoms with Crippen LogP contribution in [0.25, 0.3) is 28.1 Å². The molecule has 0 radical (unpaired) electrons. The second kappa shape index (κ2) is 15.8. The van der Waals surface area contributed by atoms with Gasteiger partial charge in [-0.25, -0.2) is 19.4 Å². The normalized spacial score (nSPS) is 21.0. The molecule has 56 heavy (non-hydrogen) atoms. The van der Waals surface area contributed by atoms with Gasteiger partial charge in [-0.3, -0.25) is 19.9 Å². The van der Waals surface area contributed by atoms with Gasteiger partial charge < -0.3 is 10.2 Å². The number of hydrogen-bond acceptors (Lipinski definition) is 12. The number of hydrogen-bond donors (Lipinski definition) is 2. The molecule has 3 aliphatic rings. The quantitative estimate of drug-likeness (QED) is 0.194. The molecular formula is C40H44N14O2. The lowest BCUT2D eigenvalue weighted by Crippen LogP contribution is -2.52. The molecule has 8 rings (SSSR count). The molecule has 4 aromatic heterocycles. The summed E-state index contributed by atoms with van der Waals surface area (Å²) in [5.41, 5.74) is 5.09. The van der Waals surface area contributed by atoms with Crippen molar-refractivity contribution in [3.8, 4) is 29.2 Å². The third kappa shape index (κ3) is 7.61. The topological polar surface area (TPSA) is 190 Å². The van der Waals surface area contributed by atoms with Crippen LogP contribution in [0.1, 0.15) is 64.0 Å². The molecule has 1 aliphatic carbocycles. The molecular weight excluding hydrogens is 709 g/mol. The van der Waals surface area contributed by atoms with Crippen LogP contribution in [0, 0.1) is 28.6 Å². The highest BCUT2D eigenvalue weighted by Crippen LogP contribution is 2.36. The van der Waals surface area contributed by atoms with Gasteiger partial charge in [-0.1, -0.05) is 5.21 Å². The molecule has 2 N–H and O–H groups in total. The minimum Gasteiger partial charge on any atom is -0.369 e. The van der Waals surface area contributed by atoms with Gasteiger partial charge in [0.1, 0.15) is 17.8 Å². The van der Waals surface area contributed by atoms with Gasteiger partial charge in [0.25, 0.3) is 0 Å². The number of carbonyl (C=O) groups is 2. The van der Waals surface area contributed by atoms with Crippen molar-refractivity contribution in [3.05, 3.63) is 66.7 Å². The van der Waals surface area contributed by atoms with Gasteiger partial charge in [0, 0.05) is 79.4 Å². The fourth-order valence-electron chi connectivity index (χ4n) is 8.20. The zero-order valence-electron chi connectivity index (χ0n) is 31.5. The van der Waals surface area contributed by atoms with Crippen molar-refractivity contribution in [2.75, 3.05) is 47.8 Å². The van der Waals surface area contributed by atoms with Crippen molar-refractivity contribution in [3.63, 3.8) is 0 Å². The fraction of sp³-hybridized carbons (Fsp3) is 0.425. The Morgan fingerprint density at radius 1 is 0.982 bits per heavy atom. The largest absolute Gasteiger partial charge is 0.369 e. The summed E-state index contributed by atoms with van der Waals surface area (Å²) >= 11 is 0. The highest BCUT2D eigenvalue weighted by molar-refractivity contribution is 6.05. The number of nitrogens with zero attached hydrogens (tertiary/aromatic N) is 12. The fourth-order valence-corrected chi connectivity index (χ4v) is 8.20. The van der Waals surface area contributed by atoms with E-state index in [1.807, 2.05) is 29.1 Å². The summed E-state index contributed by atoms with van der Waals surface area (Å²) in [6.45, 7) is 8.53. The molecule has 16 nitrogen and oxygen atoms in total. The van der Waals surface area contributed by atoms with Crippen LogP contribution in [-0.2, 0) is 4.79 Å². The van der Waals surface area contributed by atoms with E-state index in [1.165, 1.54) is 12.6 Å². The van der Waals surface area contributed by atoms with Gasteiger partial charge >= 0.3 is 6.03 Å². The summed E-state index contributed by atoms with van der Waals surface area (Å²) in [5, 5.41) is 38.8. The lowest BCUT2D eigenvalue weighted by molar-refractivity contribution is -0.120. The Balaban J connectivity index is 0.847. The number of pyridine rings is 2. The lowest BCUT2D eigenvalue weighted by atomic mass is 9.84. The molecule has 1 aromatic carbocycles. The highest BCUT2D eigenvalue weighted by atomic mass is 16.2. The van der Waals surface area contributed by atoms with E-state index in [2.05, 4.69) is 77.0 Å². The number of aromatic nitrogens is 7. The molecule has 2 atom stereocenters. The van der Waals surface area contributed by atoms with Crippen molar-refractivity contribution in [2.45, 2.75) is 70.5 Å². The molecule has 286 valence electrons. The van der Waals surface area contributed by atoms with E-state index in [4.69, 9.17) is 0 Å². The van der Waals surface area contributed by atoms with E-state index in [0.29, 0.717) is 53.3 Å². The van der Waals surface area contributed by atoms with E-state index in [0.717, 1.165) is 74.2 Å². The summed E-state index contributed by atoms with van der Waals surface area (Å²) in [6.07, 6.45) is 12.8. The minimum atomic E-state index is -0.462. The van der Waals surface area contributed by atoms with Gasteiger partial charge in [-0.2, -0.15) is 20.3 Å². The Labute approximate surface area is 324 Å². The van der Waals surface area contributed by atoms with E-state index >= 15 is 0 Å². The molecule has 0 unspecified atom stereocenters. The second-order valence-corrected chi connectivity index (χ2v) is 15.0. The van der Waals surface area contributed by atoms with E-state index in [1.54, 1.807) is 35.0 Å². The average Bonchev–Trinajstić information content (AvgIpc) is 3.88. The van der Waals surface area contributed by atoms with Crippen molar-refractivity contribution in [1.29, 1.82) is 10.5 Å². The zero-order valence-corrected chi connectivity index (χ0v) is 31.5. The molecule has 16 heteroatoms. The van der Waals surface area contributed by atoms with Crippen molar-refractivity contribution >= 4 is 40.0 Å². The first-order valence-corrected chi connectivity index (χ1v) is 19.3. The second-order valence-electron chi connectivity index (χ2n) is 15.0. The Kier molecular flexibility index (Phi) is 10.3. The van der Waals surface area contributed by atoms with Crippen molar-refractivity contribution in [1.82, 2.24) is 45.0 Å². The number of amides is 3. The first-order chi connectivity index (χ1) is 27.3. The maximum atomic E-state index is 12.3. The molecule has 3 fully saturated rings. The SMILES string of the molecule is C[C@H](C#N)Nc1cc(-n2ncc3cc(C#N)cnc32)ncc1-c1cn(C2CCC(CCN3CCN(c4ccc(N5CCC(=O)NC5=O)cc4)[C@H](C)C3)CC2)nn1. The zero-order chi connectivity index (χ0) is 38.8. The molecule has 5 aromatic rings. The molecule has 1 saturated carbocycles. The molecule has 0 spiro atoms. The van der Waals surface area contributed by atoms with E-state index in [9.17, 15) is 20.1 Å². The van der Waals surface area contributed by atoms with Crippen molar-refractivity contribution in [2.24, 2.45) is 5.92 Å². The number of anilines is 3. The maximum Gasteiger partial charge on any atom is 0.328 e. The summed E-state index contributed by atoms with van der Waals surface area (Å²) in [4.78, 5) is 39.6. The van der Waals surface area contributed by atoms with Crippen LogP contribution in [0.5, 0.6) is 0 Å². The molecule has 6 heterocycles. The van der Waals surface area contributed by atoms with Gasteiger partial charge in [0.15, 0.2) is 11.5 Å². The number of imide groups is 1. The van der Waals surface area contributed by atoms with Crippen LogP contribution >= 0.6 is 0 Å². The van der Waals surface area contributed by atoms with Gasteiger partial charge in [0.05, 0.1) is 35.8 Å². The lowest BCUT2D eigenvalue weighted by Gasteiger charge is -2.42. The van der Waals surface area contributed by atoms with Crippen LogP contribution < -0.4 is 20.4 Å². The average molecular weight is 753 g/mol. The van der Waals surface area contributed by atoms with Crippen LogP contribution in [0.3, 0.4) is 0 Å². The van der Waals surface area contributed by atoms with Gasteiger partial charge in [0.2, 0.25) is 5.91 Å². The number of benzene rings is 1. The summed E-state index contributed by atoms with van der Waals surface area (Å²) in [6, 6.07) is 15.8. The molecule has 2 aliphatic heterocycles. The third-order valence-corrected chi connectivity index (χ3v) is 11.3. The predicted molar refractivity (Wildman–Crippen MR) is 210 cm³/mol. The van der Waals surface area contributed by atoms with E-state index in [-0.39, 0.29) is 18.0 Å². The monoisotopic (exact) mass is 752 g/mol. The Bertz CT molecular complexity index is 2310. The Morgan fingerprint density at radius 3 is 2.54 bits per heavy atom. The minimum absolute atomic E-state index is 0.226. The predicted octanol–water partition coefficient (Wildman–Crippen LogP) is 5.05. The first-order valence-electron chi connectivity index (χ1n) is 19.3. The number of rotatable bonds is 10. The first kappa shape index (κ1) is 36.6. The van der Waals surface area contributed by atoms with Crippen LogP contribution in [0.4, 0.5) is 21.9 Å². The van der Waals surface area contributed by atoms with Gasteiger partial charge in [-0.05, 0) is 88.7 Å². The number of nitrogens with one attached hydrogen (secondary N) is 2. The van der Waals surface area contributed by atoms with Crippen LogP contribution in [0.2, 0.25) is 0 Å². The summed E-state index contributed by atoms with van der Waals surface area (Å²) in [5.74, 6) is 0.972. The van der Waals surface area contributed by atoms with Crippen LogP contribution in [-0.4, -0.2) is 96.4 Å². The van der Waals surface area contributed by atoms with E-state index < -0.39 is 6.04 Å². The van der Waals surface area contributed by atoms with Crippen molar-refractivity contribution < 1.29 is 9.59 Å². The van der Waals surface area contributed by atoms with Crippen LogP contribution in [0.15, 0.2) is 61.2 Å². The molecule has 3 amide bonds. The molecule has 0 bridgehead atoms. The maximum absolute atomic E-state index is 12.3. The highest BCUT2D eigenvalue weighted by Gasteiger charge is 2.29. The Morgan fingerprint density at radius 2 is 1.79 bits per heavy atom. The third-order valence-electron chi connectivity index (χ3n) is 11.3. The smallest absolute Gasteiger partial charge is 0.328 e. The number of piperazine rings is 1. The molecule has 2 saturated heterocycles. The number of carbonyl (C=O) groups excluding carboxylic acids is 2. The number of urea groups is 1.